The van der Waals surface area contributed by atoms with Gasteiger partial charge in [0.2, 0.25) is 0 Å². The number of rotatable bonds is 5. The van der Waals surface area contributed by atoms with Gasteiger partial charge in [-0.25, -0.2) is 0 Å². The summed E-state index contributed by atoms with van der Waals surface area (Å²) in [5.41, 5.74) is -6.05. The molecule has 0 spiro atoms. The van der Waals surface area contributed by atoms with Crippen LogP contribution in [0.3, 0.4) is 0 Å². The molecule has 0 aliphatic carbocycles. The second-order valence-corrected chi connectivity index (χ2v) is 7.63. The van der Waals surface area contributed by atoms with Crippen LogP contribution in [0.5, 0.6) is 0 Å². The van der Waals surface area contributed by atoms with Crippen LogP contribution in [0.1, 0.15) is 11.1 Å². The highest BCUT2D eigenvalue weighted by Crippen LogP contribution is 2.45. The van der Waals surface area contributed by atoms with Crippen molar-refractivity contribution in [3.8, 4) is 0 Å². The predicted octanol–water partition coefficient (Wildman–Crippen LogP) is 3.01. The molecule has 9 heteroatoms. The van der Waals surface area contributed by atoms with Gasteiger partial charge in [0.1, 0.15) is 5.41 Å². The monoisotopic (exact) mass is 400 g/mol. The van der Waals surface area contributed by atoms with E-state index in [1.807, 2.05) is 0 Å². The second kappa shape index (κ2) is 6.97. The van der Waals surface area contributed by atoms with Gasteiger partial charge >= 0.3 is 21.6 Å². The van der Waals surface area contributed by atoms with Gasteiger partial charge < -0.3 is 4.74 Å². The Labute approximate surface area is 153 Å². The van der Waals surface area contributed by atoms with E-state index in [2.05, 4.69) is 4.18 Å². The fourth-order valence-electron chi connectivity index (χ4n) is 3.27. The highest BCUT2D eigenvalue weighted by molar-refractivity contribution is 7.87. The minimum absolute atomic E-state index is 0.268. The average molecular weight is 400 g/mol. The van der Waals surface area contributed by atoms with Crippen LogP contribution in [-0.4, -0.2) is 33.1 Å². The van der Waals surface area contributed by atoms with Gasteiger partial charge in [0, 0.05) is 5.92 Å². The number of carbonyl (C=O) groups excluding carboxylic acids is 1. The minimum atomic E-state index is -5.78. The normalized spacial score (nSPS) is 19.7. The zero-order chi connectivity index (χ0) is 19.7. The molecule has 1 saturated heterocycles. The number of esters is 1. The molecule has 3 rings (SSSR count). The van der Waals surface area contributed by atoms with Crippen LogP contribution in [0.2, 0.25) is 0 Å². The highest BCUT2D eigenvalue weighted by Gasteiger charge is 2.56. The van der Waals surface area contributed by atoms with Crippen LogP contribution < -0.4 is 0 Å². The largest absolute Gasteiger partial charge is 0.523 e. The van der Waals surface area contributed by atoms with Gasteiger partial charge in [-0.1, -0.05) is 60.7 Å². The summed E-state index contributed by atoms with van der Waals surface area (Å²) >= 11 is 0. The Morgan fingerprint density at radius 2 is 1.48 bits per heavy atom. The van der Waals surface area contributed by atoms with E-state index in [0.29, 0.717) is 11.1 Å². The number of halogens is 3. The van der Waals surface area contributed by atoms with Crippen LogP contribution >= 0.6 is 0 Å². The lowest BCUT2D eigenvalue weighted by Crippen LogP contribution is -2.42. The maximum absolute atomic E-state index is 12.8. The second-order valence-electron chi connectivity index (χ2n) is 6.02. The van der Waals surface area contributed by atoms with Gasteiger partial charge in [-0.2, -0.15) is 21.6 Å². The zero-order valence-corrected chi connectivity index (χ0v) is 14.7. The van der Waals surface area contributed by atoms with Gasteiger partial charge in [-0.3, -0.25) is 8.98 Å². The molecular weight excluding hydrogens is 385 g/mol. The van der Waals surface area contributed by atoms with Crippen molar-refractivity contribution < 1.29 is 35.3 Å². The van der Waals surface area contributed by atoms with Crippen LogP contribution in [0.25, 0.3) is 0 Å². The predicted molar refractivity (Wildman–Crippen MR) is 89.0 cm³/mol. The van der Waals surface area contributed by atoms with Gasteiger partial charge in [-0.05, 0) is 11.1 Å². The third-order valence-electron chi connectivity index (χ3n) is 4.52. The molecule has 1 heterocycles. The molecule has 0 N–H and O–H groups in total. The molecule has 1 atom stereocenters. The van der Waals surface area contributed by atoms with Crippen molar-refractivity contribution in [1.82, 2.24) is 0 Å². The Balaban J connectivity index is 2.06. The molecule has 0 radical (unpaired) electrons. The van der Waals surface area contributed by atoms with Crippen molar-refractivity contribution in [2.24, 2.45) is 5.92 Å². The first-order valence-electron chi connectivity index (χ1n) is 7.93. The van der Waals surface area contributed by atoms with E-state index in [9.17, 15) is 26.4 Å². The summed E-state index contributed by atoms with van der Waals surface area (Å²) in [4.78, 5) is 12.8. The maximum Gasteiger partial charge on any atom is 0.523 e. The van der Waals surface area contributed by atoms with Gasteiger partial charge in [-0.15, -0.1) is 0 Å². The molecule has 27 heavy (non-hydrogen) atoms. The lowest BCUT2D eigenvalue weighted by molar-refractivity contribution is -0.141. The Bertz CT molecular complexity index is 872. The van der Waals surface area contributed by atoms with Crippen LogP contribution in [0.15, 0.2) is 60.7 Å². The molecule has 0 amide bonds. The Morgan fingerprint density at radius 3 is 1.93 bits per heavy atom. The van der Waals surface area contributed by atoms with Crippen molar-refractivity contribution in [3.05, 3.63) is 71.8 Å². The smallest absolute Gasteiger partial charge is 0.464 e. The number of hydrogen-bond acceptors (Lipinski definition) is 5. The van der Waals surface area contributed by atoms with Crippen molar-refractivity contribution in [1.29, 1.82) is 0 Å². The summed E-state index contributed by atoms with van der Waals surface area (Å²) < 4.78 is 69.8. The first-order valence-corrected chi connectivity index (χ1v) is 9.34. The number of ether oxygens (including phenoxy) is 1. The number of cyclic esters (lactones) is 1. The molecule has 0 aromatic heterocycles. The van der Waals surface area contributed by atoms with Crippen molar-refractivity contribution in [3.63, 3.8) is 0 Å². The fourth-order valence-corrected chi connectivity index (χ4v) is 3.75. The van der Waals surface area contributed by atoms with Crippen molar-refractivity contribution in [2.45, 2.75) is 10.9 Å². The highest BCUT2D eigenvalue weighted by atomic mass is 32.2. The maximum atomic E-state index is 12.8. The molecule has 5 nitrogen and oxygen atoms in total. The first kappa shape index (κ1) is 19.4. The minimum Gasteiger partial charge on any atom is -0.464 e. The Kier molecular flexibility index (Phi) is 5.00. The molecule has 1 aliphatic rings. The summed E-state index contributed by atoms with van der Waals surface area (Å²) in [5, 5.41) is 0. The van der Waals surface area contributed by atoms with E-state index >= 15 is 0 Å². The zero-order valence-electron chi connectivity index (χ0n) is 13.8. The molecule has 2 aromatic carbocycles. The average Bonchev–Trinajstić information content (AvgIpc) is 2.98. The van der Waals surface area contributed by atoms with E-state index in [0.717, 1.165) is 0 Å². The summed E-state index contributed by atoms with van der Waals surface area (Å²) in [7, 11) is -5.78. The number of carbonyl (C=O) groups is 1. The third-order valence-corrected chi connectivity index (χ3v) is 5.53. The summed E-state index contributed by atoms with van der Waals surface area (Å²) in [5.74, 6) is -1.63. The Morgan fingerprint density at radius 1 is 1.00 bits per heavy atom. The molecule has 144 valence electrons. The standard InChI is InChI=1S/C18H15F3O5S/c19-18(20,21)27(23,24)26-12-15-11-25-16(22)17(15,13-7-3-1-4-8-13)14-9-5-2-6-10-14/h1-10,15H,11-12H2. The van der Waals surface area contributed by atoms with Crippen LogP contribution in [0.4, 0.5) is 13.2 Å². The summed E-state index contributed by atoms with van der Waals surface area (Å²) in [6, 6.07) is 16.7. The Hall–Kier alpha value is -2.39. The summed E-state index contributed by atoms with van der Waals surface area (Å²) in [6.07, 6.45) is 0. The van der Waals surface area contributed by atoms with Crippen LogP contribution in [-0.2, 0) is 29.2 Å². The fraction of sp³-hybridized carbons (Fsp3) is 0.278. The van der Waals surface area contributed by atoms with Gasteiger partial charge in [0.15, 0.2) is 0 Å². The molecule has 0 bridgehead atoms. The van der Waals surface area contributed by atoms with Crippen molar-refractivity contribution in [2.75, 3.05) is 13.2 Å². The van der Waals surface area contributed by atoms with E-state index in [1.165, 1.54) is 0 Å². The van der Waals surface area contributed by atoms with E-state index in [4.69, 9.17) is 4.74 Å². The number of alkyl halides is 3. The van der Waals surface area contributed by atoms with Crippen molar-refractivity contribution >= 4 is 16.1 Å². The molecular formula is C18H15F3O5S. The lowest BCUT2D eigenvalue weighted by Gasteiger charge is -2.32. The first-order chi connectivity index (χ1) is 12.7. The number of hydrogen-bond donors (Lipinski definition) is 0. The van der Waals surface area contributed by atoms with Crippen LogP contribution in [0, 0.1) is 5.92 Å². The van der Waals surface area contributed by atoms with Gasteiger partial charge in [0.25, 0.3) is 0 Å². The van der Waals surface area contributed by atoms with E-state index in [1.54, 1.807) is 60.7 Å². The van der Waals surface area contributed by atoms with E-state index < -0.39 is 39.5 Å². The molecule has 2 aromatic rings. The SMILES string of the molecule is O=C1OCC(COS(=O)(=O)C(F)(F)F)C1(c1ccccc1)c1ccccc1. The molecule has 0 saturated carbocycles. The molecule has 1 aliphatic heterocycles. The lowest BCUT2D eigenvalue weighted by atomic mass is 9.67. The topological polar surface area (TPSA) is 69.7 Å². The summed E-state index contributed by atoms with van der Waals surface area (Å²) in [6.45, 7) is -1.12. The third kappa shape index (κ3) is 3.32. The van der Waals surface area contributed by atoms with E-state index in [-0.39, 0.29) is 6.61 Å². The number of benzene rings is 2. The van der Waals surface area contributed by atoms with Gasteiger partial charge in [0.05, 0.1) is 13.2 Å². The molecule has 1 fully saturated rings. The molecule has 1 unspecified atom stereocenters. The quantitative estimate of drug-likeness (QED) is 0.438.